The maximum atomic E-state index is 10.2. The molecule has 7 nitrogen and oxygen atoms in total. The Kier molecular flexibility index (Phi) is 4.96. The Bertz CT molecular complexity index is 1020. The molecule has 0 aromatic heterocycles. The second kappa shape index (κ2) is 7.23. The molecule has 1 aliphatic heterocycles. The molecule has 136 valence electrons. The fourth-order valence-electron chi connectivity index (χ4n) is 4.03. The maximum Gasteiger partial charge on any atom is 0.177 e. The summed E-state index contributed by atoms with van der Waals surface area (Å²) in [6.07, 6.45) is 0. The van der Waals surface area contributed by atoms with E-state index in [4.69, 9.17) is 16.3 Å². The summed E-state index contributed by atoms with van der Waals surface area (Å²) < 4.78 is 5.33. The molecule has 3 rings (SSSR count). The van der Waals surface area contributed by atoms with Crippen molar-refractivity contribution in [3.05, 3.63) is 46.1 Å². The summed E-state index contributed by atoms with van der Waals surface area (Å²) in [5.74, 6) is -0.886. The third kappa shape index (κ3) is 2.41. The number of hydrogen-bond acceptors (Lipinski definition) is 7. The molecule has 28 heavy (non-hydrogen) atoms. The van der Waals surface area contributed by atoms with Crippen LogP contribution in [0.2, 0.25) is 5.02 Å². The maximum absolute atomic E-state index is 10.2. The van der Waals surface area contributed by atoms with Crippen molar-refractivity contribution in [2.45, 2.75) is 5.92 Å². The minimum absolute atomic E-state index is 0.108. The van der Waals surface area contributed by atoms with E-state index in [1.54, 1.807) is 29.2 Å². The van der Waals surface area contributed by atoms with Crippen molar-refractivity contribution in [3.8, 4) is 30.3 Å². The van der Waals surface area contributed by atoms with Crippen LogP contribution >= 0.6 is 11.6 Å². The van der Waals surface area contributed by atoms with E-state index < -0.39 is 16.7 Å². The van der Waals surface area contributed by atoms with Gasteiger partial charge in [0.15, 0.2) is 11.0 Å². The standard InChI is InChI=1S/C20H13ClN6O/c21-16-4-2-1-3-15(16)17-19(11-24,12-25)20(17,13-26)18(14(9-22)10-23)27-5-7-28-8-6-27/h1-4,17H,5-8H2/t17-,20-/m1/s1. The molecule has 2 aliphatic rings. The molecule has 1 aliphatic carbocycles. The van der Waals surface area contributed by atoms with Crippen molar-refractivity contribution in [1.29, 1.82) is 26.3 Å². The fourth-order valence-corrected chi connectivity index (χ4v) is 4.28. The van der Waals surface area contributed by atoms with E-state index in [0.717, 1.165) is 0 Å². The third-order valence-electron chi connectivity index (χ3n) is 5.31. The summed E-state index contributed by atoms with van der Waals surface area (Å²) in [7, 11) is 0. The molecule has 0 unspecified atom stereocenters. The minimum atomic E-state index is -1.76. The highest BCUT2D eigenvalue weighted by Gasteiger charge is 2.83. The van der Waals surface area contributed by atoms with Crippen LogP contribution in [0, 0.1) is 67.5 Å². The lowest BCUT2D eigenvalue weighted by molar-refractivity contribution is 0.0482. The van der Waals surface area contributed by atoms with Crippen LogP contribution in [-0.2, 0) is 4.74 Å². The Morgan fingerprint density at radius 3 is 2.11 bits per heavy atom. The van der Waals surface area contributed by atoms with Gasteiger partial charge in [-0.05, 0) is 11.6 Å². The van der Waals surface area contributed by atoms with Crippen molar-refractivity contribution in [2.75, 3.05) is 26.3 Å². The van der Waals surface area contributed by atoms with Crippen LogP contribution in [0.5, 0.6) is 0 Å². The molecule has 2 atom stereocenters. The Balaban J connectivity index is 2.32. The molecule has 0 amide bonds. The number of allylic oxidation sites excluding steroid dienone is 2. The van der Waals surface area contributed by atoms with Gasteiger partial charge in [-0.2, -0.15) is 26.3 Å². The minimum Gasteiger partial charge on any atom is -0.378 e. The van der Waals surface area contributed by atoms with E-state index in [2.05, 4.69) is 6.07 Å². The van der Waals surface area contributed by atoms with Crippen molar-refractivity contribution >= 4 is 11.6 Å². The lowest BCUT2D eigenvalue weighted by Gasteiger charge is -2.34. The molecule has 8 heteroatoms. The van der Waals surface area contributed by atoms with Gasteiger partial charge in [-0.3, -0.25) is 0 Å². The van der Waals surface area contributed by atoms with E-state index in [1.165, 1.54) is 0 Å². The van der Waals surface area contributed by atoms with E-state index >= 15 is 0 Å². The average Bonchev–Trinajstić information content (AvgIpc) is 3.35. The first-order chi connectivity index (χ1) is 13.6. The summed E-state index contributed by atoms with van der Waals surface area (Å²) in [6, 6.07) is 16.5. The largest absolute Gasteiger partial charge is 0.378 e. The van der Waals surface area contributed by atoms with Gasteiger partial charge in [-0.15, -0.1) is 0 Å². The summed E-state index contributed by atoms with van der Waals surface area (Å²) >= 11 is 6.31. The molecule has 1 saturated heterocycles. The Morgan fingerprint density at radius 2 is 1.61 bits per heavy atom. The zero-order valence-electron chi connectivity index (χ0n) is 14.7. The second-order valence-electron chi connectivity index (χ2n) is 6.45. The Morgan fingerprint density at radius 1 is 1.00 bits per heavy atom. The zero-order chi connectivity index (χ0) is 20.4. The van der Waals surface area contributed by atoms with Crippen LogP contribution in [0.3, 0.4) is 0 Å². The molecule has 0 spiro atoms. The van der Waals surface area contributed by atoms with Gasteiger partial charge in [0, 0.05) is 24.0 Å². The van der Waals surface area contributed by atoms with Gasteiger partial charge in [0.05, 0.1) is 37.1 Å². The lowest BCUT2D eigenvalue weighted by atomic mass is 9.88. The molecule has 1 aromatic carbocycles. The van der Waals surface area contributed by atoms with Crippen LogP contribution < -0.4 is 0 Å². The van der Waals surface area contributed by atoms with Crippen molar-refractivity contribution in [2.24, 2.45) is 10.8 Å². The van der Waals surface area contributed by atoms with Crippen molar-refractivity contribution in [1.82, 2.24) is 4.90 Å². The first-order valence-electron chi connectivity index (χ1n) is 8.43. The average molecular weight is 389 g/mol. The number of nitriles is 5. The normalized spacial score (nSPS) is 24.4. The molecule has 1 heterocycles. The number of halogens is 1. The van der Waals surface area contributed by atoms with Crippen LogP contribution in [-0.4, -0.2) is 31.2 Å². The molecule has 1 aromatic rings. The Labute approximate surface area is 167 Å². The monoisotopic (exact) mass is 388 g/mol. The number of benzene rings is 1. The molecule has 1 saturated carbocycles. The molecule has 0 bridgehead atoms. The summed E-state index contributed by atoms with van der Waals surface area (Å²) in [4.78, 5) is 1.70. The first kappa shape index (κ1) is 19.2. The van der Waals surface area contributed by atoms with Crippen LogP contribution in [0.15, 0.2) is 35.5 Å². The number of nitrogens with zero attached hydrogens (tertiary/aromatic N) is 6. The van der Waals surface area contributed by atoms with Gasteiger partial charge in [0.2, 0.25) is 0 Å². The Hall–Kier alpha value is -3.54. The molecular formula is C20H13ClN6O. The predicted molar refractivity (Wildman–Crippen MR) is 96.5 cm³/mol. The van der Waals surface area contributed by atoms with Gasteiger partial charge in [0.25, 0.3) is 0 Å². The van der Waals surface area contributed by atoms with Crippen LogP contribution in [0.4, 0.5) is 0 Å². The highest BCUT2D eigenvalue weighted by atomic mass is 35.5. The summed E-state index contributed by atoms with van der Waals surface area (Å²) in [6.45, 7) is 1.37. The number of morpholine rings is 1. The fraction of sp³-hybridized carbons (Fsp3) is 0.350. The van der Waals surface area contributed by atoms with Crippen molar-refractivity contribution < 1.29 is 4.74 Å². The first-order valence-corrected chi connectivity index (χ1v) is 8.81. The number of rotatable bonds is 3. The van der Waals surface area contributed by atoms with Crippen LogP contribution in [0.1, 0.15) is 11.5 Å². The number of hydrogen-bond donors (Lipinski definition) is 0. The topological polar surface area (TPSA) is 131 Å². The van der Waals surface area contributed by atoms with Gasteiger partial charge in [-0.1, -0.05) is 29.8 Å². The second-order valence-corrected chi connectivity index (χ2v) is 6.86. The molecule has 0 N–H and O–H groups in total. The smallest absolute Gasteiger partial charge is 0.177 e. The van der Waals surface area contributed by atoms with Crippen molar-refractivity contribution in [3.63, 3.8) is 0 Å². The van der Waals surface area contributed by atoms with Crippen LogP contribution in [0.25, 0.3) is 0 Å². The third-order valence-corrected chi connectivity index (χ3v) is 5.66. The van der Waals surface area contributed by atoms with E-state index in [-0.39, 0.29) is 11.3 Å². The number of ether oxygens (including phenoxy) is 1. The van der Waals surface area contributed by atoms with Gasteiger partial charge in [0.1, 0.15) is 17.6 Å². The van der Waals surface area contributed by atoms with E-state index in [1.807, 2.05) is 24.3 Å². The highest BCUT2D eigenvalue weighted by molar-refractivity contribution is 6.31. The van der Waals surface area contributed by atoms with Gasteiger partial charge >= 0.3 is 0 Å². The predicted octanol–water partition coefficient (Wildman–Crippen LogP) is 2.61. The lowest BCUT2D eigenvalue weighted by Crippen LogP contribution is -2.40. The molecule has 0 radical (unpaired) electrons. The highest BCUT2D eigenvalue weighted by Crippen LogP contribution is 2.78. The van der Waals surface area contributed by atoms with E-state index in [0.29, 0.717) is 36.9 Å². The summed E-state index contributed by atoms with van der Waals surface area (Å²) in [5, 5.41) is 49.5. The quantitative estimate of drug-likeness (QED) is 0.727. The molecule has 2 fully saturated rings. The summed E-state index contributed by atoms with van der Waals surface area (Å²) in [5.41, 5.74) is -3.15. The zero-order valence-corrected chi connectivity index (χ0v) is 15.4. The van der Waals surface area contributed by atoms with Gasteiger partial charge < -0.3 is 9.64 Å². The van der Waals surface area contributed by atoms with Gasteiger partial charge in [-0.25, -0.2) is 0 Å². The molecular weight excluding hydrogens is 376 g/mol. The SMILES string of the molecule is N#CC(C#N)=C(N1CCOCC1)[C@@]1(C#N)[C@H](c2ccccc2Cl)C1(C#N)C#N. The van der Waals surface area contributed by atoms with E-state index in [9.17, 15) is 26.3 Å².